The first-order chi connectivity index (χ1) is 16.0. The van der Waals surface area contributed by atoms with Crippen molar-refractivity contribution in [3.8, 4) is 5.75 Å². The fourth-order valence-electron chi connectivity index (χ4n) is 3.12. The molecule has 1 aliphatic heterocycles. The average molecular weight is 507 g/mol. The Morgan fingerprint density at radius 1 is 1.35 bits per heavy atom. The van der Waals surface area contributed by atoms with Crippen LogP contribution in [0.15, 0.2) is 35.7 Å². The predicted molar refractivity (Wildman–Crippen MR) is 116 cm³/mol. The first-order valence-electron chi connectivity index (χ1n) is 9.94. The van der Waals surface area contributed by atoms with E-state index in [1.54, 1.807) is 6.92 Å². The van der Waals surface area contributed by atoms with Gasteiger partial charge in [0.25, 0.3) is 0 Å². The number of hydrazone groups is 1. The number of aromatic nitrogens is 1. The van der Waals surface area contributed by atoms with Crippen LogP contribution < -0.4 is 9.75 Å². The van der Waals surface area contributed by atoms with E-state index in [2.05, 4.69) is 10.1 Å². The number of nitrogens with zero attached hydrogens (tertiary/aromatic N) is 4. The Morgan fingerprint density at radius 2 is 2.06 bits per heavy atom. The van der Waals surface area contributed by atoms with Gasteiger partial charge in [0.15, 0.2) is 11.9 Å². The molecule has 1 aromatic carbocycles. The van der Waals surface area contributed by atoms with E-state index in [9.17, 15) is 23.4 Å². The van der Waals surface area contributed by atoms with Gasteiger partial charge in [0, 0.05) is 30.6 Å². The second-order valence-corrected chi connectivity index (χ2v) is 7.55. The molecule has 0 spiro atoms. The Kier molecular flexibility index (Phi) is 7.64. The third kappa shape index (κ3) is 5.24. The Labute approximate surface area is 196 Å². The summed E-state index contributed by atoms with van der Waals surface area (Å²) < 4.78 is 74.6. The SMILES string of the molecule is CCN1C(CO)=NN(c2cc(O[C@@H](C)C(F)(F)F)c(/C(F)=C/c3cnccc3Cl)cc2F)C1O. The van der Waals surface area contributed by atoms with Gasteiger partial charge in [0.2, 0.25) is 6.35 Å². The molecule has 0 saturated heterocycles. The number of aliphatic hydroxyl groups is 2. The summed E-state index contributed by atoms with van der Waals surface area (Å²) in [6.45, 7) is 1.95. The van der Waals surface area contributed by atoms with Gasteiger partial charge in [-0.25, -0.2) is 13.8 Å². The van der Waals surface area contributed by atoms with Crippen molar-refractivity contribution in [2.24, 2.45) is 5.10 Å². The molecule has 2 atom stereocenters. The van der Waals surface area contributed by atoms with Crippen molar-refractivity contribution >= 4 is 35.0 Å². The van der Waals surface area contributed by atoms with Crippen LogP contribution in [-0.2, 0) is 0 Å². The van der Waals surface area contributed by atoms with E-state index in [0.29, 0.717) is 13.0 Å². The van der Waals surface area contributed by atoms with Crippen LogP contribution in [0.4, 0.5) is 27.6 Å². The molecule has 34 heavy (non-hydrogen) atoms. The van der Waals surface area contributed by atoms with E-state index in [1.165, 1.54) is 23.4 Å². The van der Waals surface area contributed by atoms with Crippen molar-refractivity contribution in [1.82, 2.24) is 9.88 Å². The number of hydrogen-bond donors (Lipinski definition) is 2. The first kappa shape index (κ1) is 25.7. The highest BCUT2D eigenvalue weighted by molar-refractivity contribution is 6.32. The Bertz CT molecular complexity index is 1110. The number of ether oxygens (including phenoxy) is 1. The van der Waals surface area contributed by atoms with Crippen LogP contribution in [0.3, 0.4) is 0 Å². The molecule has 0 bridgehead atoms. The van der Waals surface area contributed by atoms with Crippen LogP contribution >= 0.6 is 11.6 Å². The molecule has 2 heterocycles. The highest BCUT2D eigenvalue weighted by atomic mass is 35.5. The molecule has 1 unspecified atom stereocenters. The van der Waals surface area contributed by atoms with Crippen LogP contribution in [0.1, 0.15) is 25.0 Å². The topological polar surface area (TPSA) is 81.4 Å². The third-order valence-electron chi connectivity index (χ3n) is 4.93. The number of alkyl halides is 3. The number of aliphatic hydroxyl groups excluding tert-OH is 2. The molecule has 1 aromatic heterocycles. The molecule has 0 fully saturated rings. The lowest BCUT2D eigenvalue weighted by atomic mass is 10.1. The van der Waals surface area contributed by atoms with E-state index >= 15 is 8.78 Å². The summed E-state index contributed by atoms with van der Waals surface area (Å²) in [6, 6.07) is 2.80. The molecule has 0 saturated carbocycles. The average Bonchev–Trinajstić information content (AvgIpc) is 3.10. The van der Waals surface area contributed by atoms with E-state index in [1.807, 2.05) is 0 Å². The molecule has 2 aromatic rings. The molecular formula is C21H20ClF5N4O3. The monoisotopic (exact) mass is 506 g/mol. The van der Waals surface area contributed by atoms with Crippen LogP contribution in [0, 0.1) is 5.82 Å². The zero-order chi connectivity index (χ0) is 25.2. The Hall–Kier alpha value is -2.96. The van der Waals surface area contributed by atoms with Gasteiger partial charge in [-0.3, -0.25) is 4.98 Å². The molecule has 3 rings (SSSR count). The fraction of sp³-hybridized carbons (Fsp3) is 0.333. The maximum atomic E-state index is 15.1. The van der Waals surface area contributed by atoms with Crippen LogP contribution in [-0.4, -0.2) is 57.7 Å². The quantitative estimate of drug-likeness (QED) is 0.542. The van der Waals surface area contributed by atoms with Gasteiger partial charge in [0.1, 0.15) is 29.7 Å². The van der Waals surface area contributed by atoms with Crippen molar-refractivity contribution < 1.29 is 36.9 Å². The number of hydrogen-bond acceptors (Lipinski definition) is 7. The third-order valence-corrected chi connectivity index (χ3v) is 5.27. The molecule has 1 aliphatic rings. The maximum Gasteiger partial charge on any atom is 0.425 e. The van der Waals surface area contributed by atoms with Crippen LogP contribution in [0.5, 0.6) is 5.75 Å². The molecule has 0 aliphatic carbocycles. The second kappa shape index (κ2) is 10.1. The number of benzene rings is 1. The number of rotatable bonds is 7. The minimum absolute atomic E-state index is 0.00176. The molecule has 184 valence electrons. The molecule has 2 N–H and O–H groups in total. The summed E-state index contributed by atoms with van der Waals surface area (Å²) in [4.78, 5) is 5.03. The lowest BCUT2D eigenvalue weighted by Gasteiger charge is -2.27. The van der Waals surface area contributed by atoms with Crippen molar-refractivity contribution in [3.05, 3.63) is 52.6 Å². The Balaban J connectivity index is 2.12. The van der Waals surface area contributed by atoms with Gasteiger partial charge in [-0.1, -0.05) is 11.6 Å². The summed E-state index contributed by atoms with van der Waals surface area (Å²) >= 11 is 5.97. The number of halogens is 6. The van der Waals surface area contributed by atoms with Crippen molar-refractivity contribution in [2.75, 3.05) is 18.2 Å². The lowest BCUT2D eigenvalue weighted by Crippen LogP contribution is -2.43. The summed E-state index contributed by atoms with van der Waals surface area (Å²) in [5.41, 5.74) is -1.01. The van der Waals surface area contributed by atoms with E-state index in [-0.39, 0.29) is 23.0 Å². The van der Waals surface area contributed by atoms with Gasteiger partial charge in [-0.2, -0.15) is 18.3 Å². The molecule has 7 nitrogen and oxygen atoms in total. The smallest absolute Gasteiger partial charge is 0.425 e. The predicted octanol–water partition coefficient (Wildman–Crippen LogP) is 4.39. The number of likely N-dealkylation sites (N-methyl/N-ethyl adjacent to an activating group) is 1. The fourth-order valence-corrected chi connectivity index (χ4v) is 3.27. The highest BCUT2D eigenvalue weighted by Gasteiger charge is 2.39. The maximum absolute atomic E-state index is 15.1. The number of pyridine rings is 1. The van der Waals surface area contributed by atoms with Gasteiger partial charge in [-0.05, 0) is 32.1 Å². The standard InChI is InChI=1S/C21H20ClF5N4O3/c1-3-30-19(10-32)29-31(20(30)33)17-8-18(34-11(2)21(25,26)27)13(7-16(17)24)15(23)6-12-9-28-5-4-14(12)22/h4-9,11,20,32-33H,3,10H2,1-2H3/b15-6-/t11-,20?/m0/s1. The van der Waals surface area contributed by atoms with Crippen LogP contribution in [0.25, 0.3) is 11.9 Å². The normalized spacial score (nSPS) is 17.8. The van der Waals surface area contributed by atoms with Crippen molar-refractivity contribution in [1.29, 1.82) is 0 Å². The van der Waals surface area contributed by atoms with Gasteiger partial charge in [-0.15, -0.1) is 0 Å². The number of anilines is 1. The van der Waals surface area contributed by atoms with Crippen molar-refractivity contribution in [3.63, 3.8) is 0 Å². The largest absolute Gasteiger partial charge is 0.480 e. The van der Waals surface area contributed by atoms with Crippen LogP contribution in [0.2, 0.25) is 5.02 Å². The minimum Gasteiger partial charge on any atom is -0.480 e. The summed E-state index contributed by atoms with van der Waals surface area (Å²) in [5, 5.41) is 24.7. The zero-order valence-electron chi connectivity index (χ0n) is 17.9. The Morgan fingerprint density at radius 3 is 2.62 bits per heavy atom. The summed E-state index contributed by atoms with van der Waals surface area (Å²) in [6.07, 6.45) is -5.28. The first-order valence-corrected chi connectivity index (χ1v) is 10.3. The lowest BCUT2D eigenvalue weighted by molar-refractivity contribution is -0.189. The summed E-state index contributed by atoms with van der Waals surface area (Å²) in [5.74, 6) is -2.90. The van der Waals surface area contributed by atoms with Gasteiger partial charge in [0.05, 0.1) is 10.6 Å². The zero-order valence-corrected chi connectivity index (χ0v) is 18.6. The van der Waals surface area contributed by atoms with E-state index in [0.717, 1.165) is 17.2 Å². The molecule has 0 radical (unpaired) electrons. The molecule has 13 heteroatoms. The molecule has 0 amide bonds. The van der Waals surface area contributed by atoms with Gasteiger partial charge >= 0.3 is 6.18 Å². The number of amidine groups is 1. The highest BCUT2D eigenvalue weighted by Crippen LogP contribution is 2.39. The van der Waals surface area contributed by atoms with E-state index in [4.69, 9.17) is 16.3 Å². The second-order valence-electron chi connectivity index (χ2n) is 7.14. The van der Waals surface area contributed by atoms with Gasteiger partial charge < -0.3 is 19.8 Å². The molecular weight excluding hydrogens is 487 g/mol. The minimum atomic E-state index is -4.80. The van der Waals surface area contributed by atoms with E-state index < -0.39 is 53.9 Å². The summed E-state index contributed by atoms with van der Waals surface area (Å²) in [7, 11) is 0. The van der Waals surface area contributed by atoms with Crippen molar-refractivity contribution in [2.45, 2.75) is 32.5 Å².